The van der Waals surface area contributed by atoms with Gasteiger partial charge in [0, 0.05) is 29.1 Å². The summed E-state index contributed by atoms with van der Waals surface area (Å²) in [6.07, 6.45) is 10.4. The second-order valence-corrected chi connectivity index (χ2v) is 12.4. The summed E-state index contributed by atoms with van der Waals surface area (Å²) in [6.45, 7) is 4.94. The van der Waals surface area contributed by atoms with Crippen LogP contribution < -0.4 is 16.4 Å². The average molecular weight is 483 g/mol. The van der Waals surface area contributed by atoms with Gasteiger partial charge in [0.25, 0.3) is 0 Å². The molecule has 8 nitrogen and oxygen atoms in total. The van der Waals surface area contributed by atoms with Crippen LogP contribution in [0.4, 0.5) is 4.79 Å². The lowest BCUT2D eigenvalue weighted by Crippen LogP contribution is -2.60. The van der Waals surface area contributed by atoms with E-state index in [2.05, 4.69) is 10.6 Å². The van der Waals surface area contributed by atoms with Crippen LogP contribution in [0, 0.1) is 5.92 Å². The van der Waals surface area contributed by atoms with Gasteiger partial charge < -0.3 is 26.0 Å². The first-order valence-electron chi connectivity index (χ1n) is 12.6. The van der Waals surface area contributed by atoms with E-state index in [0.717, 1.165) is 25.7 Å². The second-order valence-electron chi connectivity index (χ2n) is 10.4. The third kappa shape index (κ3) is 7.01. The van der Waals surface area contributed by atoms with Crippen molar-refractivity contribution < 1.29 is 19.1 Å². The molecule has 0 aromatic heterocycles. The Labute approximate surface area is 202 Å². The lowest BCUT2D eigenvalue weighted by Gasteiger charge is -2.38. The highest BCUT2D eigenvalue weighted by Gasteiger charge is 2.46. The minimum absolute atomic E-state index is 0.139. The third-order valence-electron chi connectivity index (χ3n) is 7.37. The molecule has 0 spiro atoms. The standard InChI is InChI=1S/C24H42N4O4S/c1-24(2,33-18-11-7-8-12-18)20(27-23(31)32-3)22(30)28-15-17(25)13-19(28)21(29)26-14-16-9-5-4-6-10-16/h16-20H,4-15,25H2,1-3H3,(H,26,29)(H,27,31)/t17-,19+,20+/m1/s1. The molecule has 3 aliphatic rings. The topological polar surface area (TPSA) is 114 Å². The van der Waals surface area contributed by atoms with Gasteiger partial charge in [-0.25, -0.2) is 4.79 Å². The van der Waals surface area contributed by atoms with Crippen LogP contribution in [0.1, 0.15) is 78.1 Å². The van der Waals surface area contributed by atoms with E-state index in [1.807, 2.05) is 13.8 Å². The van der Waals surface area contributed by atoms with Crippen molar-refractivity contribution in [2.75, 3.05) is 20.2 Å². The number of carbonyl (C=O) groups excluding carboxylic acids is 3. The average Bonchev–Trinajstić information content (AvgIpc) is 3.44. The minimum atomic E-state index is -0.811. The number of hydrogen-bond donors (Lipinski definition) is 3. The highest BCUT2D eigenvalue weighted by Crippen LogP contribution is 2.40. The maximum Gasteiger partial charge on any atom is 0.407 e. The van der Waals surface area contributed by atoms with E-state index in [9.17, 15) is 14.4 Å². The number of hydrogen-bond acceptors (Lipinski definition) is 6. The summed E-state index contributed by atoms with van der Waals surface area (Å²) < 4.78 is 4.27. The predicted octanol–water partition coefficient (Wildman–Crippen LogP) is 2.79. The van der Waals surface area contributed by atoms with Crippen molar-refractivity contribution in [3.8, 4) is 0 Å². The number of carbonyl (C=O) groups is 3. The molecule has 188 valence electrons. The molecule has 2 saturated carbocycles. The summed E-state index contributed by atoms with van der Waals surface area (Å²) in [4.78, 5) is 40.6. The second kappa shape index (κ2) is 11.8. The molecule has 1 heterocycles. The molecule has 0 unspecified atom stereocenters. The van der Waals surface area contributed by atoms with E-state index < -0.39 is 22.9 Å². The number of nitrogens with zero attached hydrogens (tertiary/aromatic N) is 1. The SMILES string of the molecule is COC(=O)N[C@@H](C(=O)N1C[C@H](N)C[C@H]1C(=O)NCC1CCCCC1)C(C)(C)SC1CCCC1. The van der Waals surface area contributed by atoms with Crippen LogP contribution >= 0.6 is 11.8 Å². The zero-order valence-corrected chi connectivity index (χ0v) is 21.3. The van der Waals surface area contributed by atoms with E-state index in [1.165, 1.54) is 39.2 Å². The van der Waals surface area contributed by atoms with Crippen molar-refractivity contribution >= 4 is 29.7 Å². The fourth-order valence-electron chi connectivity index (χ4n) is 5.49. The highest BCUT2D eigenvalue weighted by molar-refractivity contribution is 8.01. The molecular weight excluding hydrogens is 440 g/mol. The van der Waals surface area contributed by atoms with Gasteiger partial charge in [0.1, 0.15) is 12.1 Å². The number of alkyl carbamates (subject to hydrolysis) is 1. The third-order valence-corrected chi connectivity index (χ3v) is 9.02. The van der Waals surface area contributed by atoms with Gasteiger partial charge in [0.2, 0.25) is 11.8 Å². The van der Waals surface area contributed by atoms with Crippen LogP contribution in [0.5, 0.6) is 0 Å². The molecule has 2 aliphatic carbocycles. The number of methoxy groups -OCH3 is 1. The van der Waals surface area contributed by atoms with Crippen LogP contribution in [0.25, 0.3) is 0 Å². The highest BCUT2D eigenvalue weighted by atomic mass is 32.2. The molecule has 3 fully saturated rings. The maximum atomic E-state index is 13.8. The molecule has 4 N–H and O–H groups in total. The number of nitrogens with one attached hydrogen (secondary N) is 2. The van der Waals surface area contributed by atoms with E-state index in [0.29, 0.717) is 30.7 Å². The number of likely N-dealkylation sites (tertiary alicyclic amines) is 1. The molecule has 9 heteroatoms. The van der Waals surface area contributed by atoms with Gasteiger partial charge in [-0.05, 0) is 51.9 Å². The molecule has 3 atom stereocenters. The van der Waals surface area contributed by atoms with E-state index in [1.54, 1.807) is 16.7 Å². The Kier molecular flexibility index (Phi) is 9.33. The summed E-state index contributed by atoms with van der Waals surface area (Å²) in [5.41, 5.74) is 6.21. The summed E-state index contributed by atoms with van der Waals surface area (Å²) in [5, 5.41) is 6.32. The molecule has 0 aromatic carbocycles. The number of amides is 3. The number of rotatable bonds is 8. The number of nitrogens with two attached hydrogens (primary N) is 1. The van der Waals surface area contributed by atoms with Crippen molar-refractivity contribution in [2.24, 2.45) is 11.7 Å². The molecular formula is C24H42N4O4S. The van der Waals surface area contributed by atoms with Gasteiger partial charge in [-0.1, -0.05) is 32.1 Å². The Morgan fingerprint density at radius 1 is 1.09 bits per heavy atom. The van der Waals surface area contributed by atoms with Crippen molar-refractivity contribution in [3.63, 3.8) is 0 Å². The van der Waals surface area contributed by atoms with E-state index >= 15 is 0 Å². The van der Waals surface area contributed by atoms with Crippen molar-refractivity contribution in [1.29, 1.82) is 0 Å². The monoisotopic (exact) mass is 482 g/mol. The first kappa shape index (κ1) is 26.1. The van der Waals surface area contributed by atoms with Gasteiger partial charge >= 0.3 is 6.09 Å². The fourth-order valence-corrected chi connectivity index (χ4v) is 7.22. The van der Waals surface area contributed by atoms with Crippen molar-refractivity contribution in [1.82, 2.24) is 15.5 Å². The minimum Gasteiger partial charge on any atom is -0.453 e. The molecule has 3 rings (SSSR count). The predicted molar refractivity (Wildman–Crippen MR) is 131 cm³/mol. The molecule has 33 heavy (non-hydrogen) atoms. The molecule has 1 saturated heterocycles. The molecule has 0 bridgehead atoms. The summed E-state index contributed by atoms with van der Waals surface area (Å²) in [5.74, 6) is 0.110. The van der Waals surface area contributed by atoms with Crippen LogP contribution in [0.3, 0.4) is 0 Å². The number of thioether (sulfide) groups is 1. The van der Waals surface area contributed by atoms with Crippen LogP contribution in [-0.4, -0.2) is 71.1 Å². The molecule has 3 amide bonds. The Morgan fingerprint density at radius 2 is 1.73 bits per heavy atom. The van der Waals surface area contributed by atoms with E-state index in [4.69, 9.17) is 10.5 Å². The summed E-state index contributed by atoms with van der Waals surface area (Å²) in [7, 11) is 1.29. The Bertz CT molecular complexity index is 692. The van der Waals surface area contributed by atoms with Gasteiger partial charge in [-0.3, -0.25) is 9.59 Å². The zero-order chi connectivity index (χ0) is 24.0. The van der Waals surface area contributed by atoms with Gasteiger partial charge in [0.15, 0.2) is 0 Å². The summed E-state index contributed by atoms with van der Waals surface area (Å²) >= 11 is 1.75. The normalized spacial score (nSPS) is 25.6. The van der Waals surface area contributed by atoms with Gasteiger partial charge in [0.05, 0.1) is 7.11 Å². The number of ether oxygens (including phenoxy) is 1. The first-order chi connectivity index (χ1) is 15.7. The largest absolute Gasteiger partial charge is 0.453 e. The molecule has 1 aliphatic heterocycles. The maximum absolute atomic E-state index is 13.8. The zero-order valence-electron chi connectivity index (χ0n) is 20.4. The first-order valence-corrected chi connectivity index (χ1v) is 13.4. The Hall–Kier alpha value is -1.48. The van der Waals surface area contributed by atoms with Crippen molar-refractivity contribution in [3.05, 3.63) is 0 Å². The van der Waals surface area contributed by atoms with Crippen molar-refractivity contribution in [2.45, 2.75) is 106 Å². The van der Waals surface area contributed by atoms with Crippen LogP contribution in [0.15, 0.2) is 0 Å². The van der Waals surface area contributed by atoms with Crippen LogP contribution in [-0.2, 0) is 14.3 Å². The van der Waals surface area contributed by atoms with Gasteiger partial charge in [-0.15, -0.1) is 11.8 Å². The lowest BCUT2D eigenvalue weighted by molar-refractivity contribution is -0.140. The quantitative estimate of drug-likeness (QED) is 0.490. The smallest absolute Gasteiger partial charge is 0.407 e. The van der Waals surface area contributed by atoms with Crippen LogP contribution in [0.2, 0.25) is 0 Å². The van der Waals surface area contributed by atoms with Gasteiger partial charge in [-0.2, -0.15) is 0 Å². The lowest BCUT2D eigenvalue weighted by atomic mass is 9.89. The Balaban J connectivity index is 1.71. The summed E-state index contributed by atoms with van der Waals surface area (Å²) in [6, 6.07) is -1.68. The molecule has 0 aromatic rings. The van der Waals surface area contributed by atoms with E-state index in [-0.39, 0.29) is 17.9 Å². The fraction of sp³-hybridized carbons (Fsp3) is 0.875. The Morgan fingerprint density at radius 3 is 2.36 bits per heavy atom. The molecule has 0 radical (unpaired) electrons.